The van der Waals surface area contributed by atoms with Gasteiger partial charge < -0.3 is 5.32 Å². The molecule has 0 saturated carbocycles. The average molecular weight is 226 g/mol. The SMILES string of the molecule is CCNC(c1nc(C)cs1)C(CC)CC. The van der Waals surface area contributed by atoms with Crippen LogP contribution in [0.1, 0.15) is 50.4 Å². The summed E-state index contributed by atoms with van der Waals surface area (Å²) in [6, 6.07) is 0.448. The summed E-state index contributed by atoms with van der Waals surface area (Å²) in [7, 11) is 0. The smallest absolute Gasteiger partial charge is 0.110 e. The van der Waals surface area contributed by atoms with Crippen LogP contribution in [0.4, 0.5) is 0 Å². The van der Waals surface area contributed by atoms with E-state index in [1.165, 1.54) is 17.8 Å². The van der Waals surface area contributed by atoms with Gasteiger partial charge in [-0.25, -0.2) is 4.98 Å². The molecule has 0 aromatic carbocycles. The minimum absolute atomic E-state index is 0.448. The Hall–Kier alpha value is -0.410. The largest absolute Gasteiger partial charge is 0.308 e. The van der Waals surface area contributed by atoms with E-state index in [2.05, 4.69) is 43.4 Å². The van der Waals surface area contributed by atoms with Crippen LogP contribution in [0.15, 0.2) is 5.38 Å². The molecule has 0 spiro atoms. The fourth-order valence-corrected chi connectivity index (χ4v) is 2.91. The first kappa shape index (κ1) is 12.7. The highest BCUT2D eigenvalue weighted by Gasteiger charge is 2.21. The van der Waals surface area contributed by atoms with Crippen molar-refractivity contribution in [1.29, 1.82) is 0 Å². The molecule has 1 N–H and O–H groups in total. The van der Waals surface area contributed by atoms with Gasteiger partial charge in [-0.2, -0.15) is 0 Å². The Labute approximate surface area is 97.1 Å². The van der Waals surface area contributed by atoms with Crippen LogP contribution in [0.25, 0.3) is 0 Å². The fraction of sp³-hybridized carbons (Fsp3) is 0.750. The van der Waals surface area contributed by atoms with Crippen LogP contribution in [0, 0.1) is 12.8 Å². The summed E-state index contributed by atoms with van der Waals surface area (Å²) in [5.74, 6) is 0.704. The Morgan fingerprint density at radius 2 is 2.00 bits per heavy atom. The van der Waals surface area contributed by atoms with Crippen molar-refractivity contribution in [1.82, 2.24) is 10.3 Å². The molecule has 15 heavy (non-hydrogen) atoms. The zero-order valence-electron chi connectivity index (χ0n) is 10.2. The number of hydrogen-bond donors (Lipinski definition) is 1. The Bertz CT molecular complexity index is 279. The Morgan fingerprint density at radius 1 is 1.33 bits per heavy atom. The molecule has 0 aliphatic heterocycles. The summed E-state index contributed by atoms with van der Waals surface area (Å²) in [6.45, 7) is 9.77. The maximum Gasteiger partial charge on any atom is 0.110 e. The fourth-order valence-electron chi connectivity index (χ4n) is 1.95. The molecule has 3 heteroatoms. The average Bonchev–Trinajstić information content (AvgIpc) is 2.65. The molecule has 1 atom stereocenters. The van der Waals surface area contributed by atoms with Gasteiger partial charge in [0.15, 0.2) is 0 Å². The summed E-state index contributed by atoms with van der Waals surface area (Å²) in [5, 5.41) is 6.96. The topological polar surface area (TPSA) is 24.9 Å². The zero-order chi connectivity index (χ0) is 11.3. The quantitative estimate of drug-likeness (QED) is 0.802. The van der Waals surface area contributed by atoms with Crippen molar-refractivity contribution in [2.45, 2.75) is 46.6 Å². The number of aryl methyl sites for hydroxylation is 1. The number of rotatable bonds is 6. The summed E-state index contributed by atoms with van der Waals surface area (Å²) in [6.07, 6.45) is 2.43. The second-order valence-electron chi connectivity index (χ2n) is 3.94. The molecule has 1 aromatic heterocycles. The van der Waals surface area contributed by atoms with Gasteiger partial charge >= 0.3 is 0 Å². The highest BCUT2D eigenvalue weighted by Crippen LogP contribution is 2.29. The minimum atomic E-state index is 0.448. The molecule has 0 radical (unpaired) electrons. The van der Waals surface area contributed by atoms with Crippen molar-refractivity contribution >= 4 is 11.3 Å². The maximum atomic E-state index is 4.60. The molecule has 1 heterocycles. The Morgan fingerprint density at radius 3 is 2.40 bits per heavy atom. The Kier molecular flexibility index (Phi) is 5.26. The van der Waals surface area contributed by atoms with Crippen LogP contribution in [-0.4, -0.2) is 11.5 Å². The van der Waals surface area contributed by atoms with Crippen LogP contribution in [0.3, 0.4) is 0 Å². The van der Waals surface area contributed by atoms with Gasteiger partial charge in [-0.15, -0.1) is 11.3 Å². The van der Waals surface area contributed by atoms with Crippen LogP contribution in [0.5, 0.6) is 0 Å². The van der Waals surface area contributed by atoms with E-state index in [0.29, 0.717) is 12.0 Å². The molecule has 0 aliphatic rings. The molecule has 1 rings (SSSR count). The van der Waals surface area contributed by atoms with E-state index in [-0.39, 0.29) is 0 Å². The summed E-state index contributed by atoms with van der Waals surface area (Å²) in [4.78, 5) is 4.60. The summed E-state index contributed by atoms with van der Waals surface area (Å²) < 4.78 is 0. The van der Waals surface area contributed by atoms with Crippen molar-refractivity contribution in [2.75, 3.05) is 6.54 Å². The van der Waals surface area contributed by atoms with E-state index < -0.39 is 0 Å². The second-order valence-corrected chi connectivity index (χ2v) is 4.83. The van der Waals surface area contributed by atoms with Gasteiger partial charge in [0.25, 0.3) is 0 Å². The molecule has 1 aromatic rings. The van der Waals surface area contributed by atoms with Crippen molar-refractivity contribution in [2.24, 2.45) is 5.92 Å². The molecular formula is C12H22N2S. The first-order valence-electron chi connectivity index (χ1n) is 5.88. The van der Waals surface area contributed by atoms with Crippen molar-refractivity contribution in [3.8, 4) is 0 Å². The third-order valence-corrected chi connectivity index (χ3v) is 3.89. The second kappa shape index (κ2) is 6.23. The van der Waals surface area contributed by atoms with Gasteiger partial charge in [-0.1, -0.05) is 33.6 Å². The van der Waals surface area contributed by atoms with Crippen molar-refractivity contribution in [3.63, 3.8) is 0 Å². The molecule has 0 saturated heterocycles. The molecule has 86 valence electrons. The van der Waals surface area contributed by atoms with Gasteiger partial charge in [-0.3, -0.25) is 0 Å². The lowest BCUT2D eigenvalue weighted by atomic mass is 9.94. The first-order valence-corrected chi connectivity index (χ1v) is 6.76. The number of nitrogens with one attached hydrogen (secondary N) is 1. The van der Waals surface area contributed by atoms with Gasteiger partial charge in [0.1, 0.15) is 5.01 Å². The molecule has 0 bridgehead atoms. The molecular weight excluding hydrogens is 204 g/mol. The molecule has 0 aliphatic carbocycles. The normalized spacial score (nSPS) is 13.4. The number of nitrogens with zero attached hydrogens (tertiary/aromatic N) is 1. The van der Waals surface area contributed by atoms with Crippen LogP contribution < -0.4 is 5.32 Å². The van der Waals surface area contributed by atoms with E-state index in [0.717, 1.165) is 12.2 Å². The maximum absolute atomic E-state index is 4.60. The third-order valence-electron chi connectivity index (χ3n) is 2.85. The van der Waals surface area contributed by atoms with Crippen LogP contribution in [0.2, 0.25) is 0 Å². The molecule has 0 amide bonds. The third kappa shape index (κ3) is 3.28. The van der Waals surface area contributed by atoms with E-state index in [1.54, 1.807) is 11.3 Å². The minimum Gasteiger partial charge on any atom is -0.308 e. The lowest BCUT2D eigenvalue weighted by Gasteiger charge is -2.24. The van der Waals surface area contributed by atoms with E-state index in [9.17, 15) is 0 Å². The standard InChI is InChI=1S/C12H22N2S/c1-5-10(6-2)11(13-7-3)12-14-9(4)8-15-12/h8,10-11,13H,5-7H2,1-4H3. The van der Waals surface area contributed by atoms with Gasteiger partial charge in [0, 0.05) is 11.1 Å². The highest BCUT2D eigenvalue weighted by atomic mass is 32.1. The number of aromatic nitrogens is 1. The Balaban J connectivity index is 2.81. The van der Waals surface area contributed by atoms with Crippen LogP contribution in [-0.2, 0) is 0 Å². The van der Waals surface area contributed by atoms with Crippen molar-refractivity contribution in [3.05, 3.63) is 16.1 Å². The van der Waals surface area contributed by atoms with Crippen LogP contribution >= 0.6 is 11.3 Å². The van der Waals surface area contributed by atoms with Crippen molar-refractivity contribution < 1.29 is 0 Å². The number of thiazole rings is 1. The lowest BCUT2D eigenvalue weighted by Crippen LogP contribution is -2.27. The highest BCUT2D eigenvalue weighted by molar-refractivity contribution is 7.09. The van der Waals surface area contributed by atoms with Gasteiger partial charge in [-0.05, 0) is 19.4 Å². The summed E-state index contributed by atoms with van der Waals surface area (Å²) in [5.41, 5.74) is 1.14. The monoisotopic (exact) mass is 226 g/mol. The van der Waals surface area contributed by atoms with Gasteiger partial charge in [0.2, 0.25) is 0 Å². The van der Waals surface area contributed by atoms with E-state index in [4.69, 9.17) is 0 Å². The van der Waals surface area contributed by atoms with Gasteiger partial charge in [0.05, 0.1) is 6.04 Å². The molecule has 0 fully saturated rings. The molecule has 2 nitrogen and oxygen atoms in total. The van der Waals surface area contributed by atoms with E-state index in [1.807, 2.05) is 0 Å². The summed E-state index contributed by atoms with van der Waals surface area (Å²) >= 11 is 1.78. The lowest BCUT2D eigenvalue weighted by molar-refractivity contribution is 0.345. The predicted molar refractivity (Wildman–Crippen MR) is 67.3 cm³/mol. The number of hydrogen-bond acceptors (Lipinski definition) is 3. The molecule has 1 unspecified atom stereocenters. The predicted octanol–water partition coefficient (Wildman–Crippen LogP) is 3.54. The zero-order valence-corrected chi connectivity index (χ0v) is 11.0. The first-order chi connectivity index (χ1) is 7.22. The van der Waals surface area contributed by atoms with E-state index >= 15 is 0 Å².